The van der Waals surface area contributed by atoms with Crippen LogP contribution < -0.4 is 10.6 Å². The number of carbonyl (C=O) groups excluding carboxylic acids is 2. The molecule has 8 heteroatoms. The number of nitrogens with one attached hydrogen (secondary N) is 2. The van der Waals surface area contributed by atoms with Crippen LogP contribution in [0.25, 0.3) is 0 Å². The van der Waals surface area contributed by atoms with Crippen LogP contribution in [0.1, 0.15) is 32.6 Å². The maximum atomic E-state index is 11.5. The number of ether oxygens (including phenoxy) is 2. The Labute approximate surface area is 124 Å². The molecule has 0 aliphatic heterocycles. The van der Waals surface area contributed by atoms with Gasteiger partial charge < -0.3 is 25.2 Å². The average Bonchev–Trinajstić information content (AvgIpc) is 2.46. The van der Waals surface area contributed by atoms with Crippen LogP contribution in [0.5, 0.6) is 0 Å². The van der Waals surface area contributed by atoms with E-state index in [0.29, 0.717) is 19.8 Å². The van der Waals surface area contributed by atoms with Gasteiger partial charge in [-0.05, 0) is 12.8 Å². The SMILES string of the molecule is CCCCOCCNC(=O)N[C@H](CCC(=O)OC)C(=O)O. The highest BCUT2D eigenvalue weighted by Crippen LogP contribution is 1.99. The zero-order valence-corrected chi connectivity index (χ0v) is 12.5. The standard InChI is InChI=1S/C13H24N2O6/c1-3-4-8-21-9-7-14-13(19)15-10(12(17)18)5-6-11(16)20-2/h10H,3-9H2,1-2H3,(H,17,18)(H2,14,15,19)/t10-/m1/s1. The molecule has 0 fully saturated rings. The first-order valence-electron chi connectivity index (χ1n) is 6.93. The molecule has 21 heavy (non-hydrogen) atoms. The van der Waals surface area contributed by atoms with Crippen molar-refractivity contribution in [1.29, 1.82) is 0 Å². The first kappa shape index (κ1) is 19.2. The molecule has 0 aliphatic rings. The molecule has 0 rings (SSSR count). The van der Waals surface area contributed by atoms with E-state index < -0.39 is 24.0 Å². The second kappa shape index (κ2) is 12.0. The van der Waals surface area contributed by atoms with E-state index in [4.69, 9.17) is 9.84 Å². The molecular weight excluding hydrogens is 280 g/mol. The van der Waals surface area contributed by atoms with E-state index in [1.165, 1.54) is 7.11 Å². The smallest absolute Gasteiger partial charge is 0.326 e. The Bertz CT molecular complexity index is 335. The van der Waals surface area contributed by atoms with E-state index >= 15 is 0 Å². The zero-order chi connectivity index (χ0) is 16.1. The molecule has 0 spiro atoms. The Balaban J connectivity index is 3.90. The summed E-state index contributed by atoms with van der Waals surface area (Å²) in [6.07, 6.45) is 1.89. The van der Waals surface area contributed by atoms with Crippen molar-refractivity contribution in [2.75, 3.05) is 26.9 Å². The minimum absolute atomic E-state index is 0.0254. The maximum absolute atomic E-state index is 11.5. The van der Waals surface area contributed by atoms with Crippen molar-refractivity contribution in [3.63, 3.8) is 0 Å². The molecule has 8 nitrogen and oxygen atoms in total. The molecule has 0 unspecified atom stereocenters. The molecule has 0 aromatic rings. The Kier molecular flexibility index (Phi) is 10.9. The Morgan fingerprint density at radius 3 is 2.52 bits per heavy atom. The van der Waals surface area contributed by atoms with Gasteiger partial charge in [0.1, 0.15) is 6.04 Å². The van der Waals surface area contributed by atoms with Crippen LogP contribution in [0, 0.1) is 0 Å². The van der Waals surface area contributed by atoms with Crippen LogP contribution in [-0.4, -0.2) is 56.0 Å². The van der Waals surface area contributed by atoms with Crippen LogP contribution in [0.4, 0.5) is 4.79 Å². The van der Waals surface area contributed by atoms with Gasteiger partial charge in [-0.1, -0.05) is 13.3 Å². The van der Waals surface area contributed by atoms with Crippen LogP contribution in [-0.2, 0) is 19.1 Å². The van der Waals surface area contributed by atoms with E-state index in [0.717, 1.165) is 12.8 Å². The number of rotatable bonds is 11. The van der Waals surface area contributed by atoms with Gasteiger partial charge in [-0.3, -0.25) is 4.79 Å². The summed E-state index contributed by atoms with van der Waals surface area (Å²) < 4.78 is 9.67. The summed E-state index contributed by atoms with van der Waals surface area (Å²) in [6.45, 7) is 3.35. The van der Waals surface area contributed by atoms with Gasteiger partial charge in [0.05, 0.1) is 13.7 Å². The van der Waals surface area contributed by atoms with Gasteiger partial charge in [-0.25, -0.2) is 9.59 Å². The van der Waals surface area contributed by atoms with Crippen molar-refractivity contribution in [3.8, 4) is 0 Å². The van der Waals surface area contributed by atoms with Crippen LogP contribution in [0.15, 0.2) is 0 Å². The van der Waals surface area contributed by atoms with Crippen molar-refractivity contribution in [1.82, 2.24) is 10.6 Å². The first-order chi connectivity index (χ1) is 10.0. The van der Waals surface area contributed by atoms with Gasteiger partial charge in [0.2, 0.25) is 0 Å². The number of carbonyl (C=O) groups is 3. The molecular formula is C13H24N2O6. The Hall–Kier alpha value is -1.83. The van der Waals surface area contributed by atoms with Crippen molar-refractivity contribution in [2.45, 2.75) is 38.6 Å². The van der Waals surface area contributed by atoms with E-state index in [2.05, 4.69) is 22.3 Å². The van der Waals surface area contributed by atoms with Crippen LogP contribution in [0.2, 0.25) is 0 Å². The quantitative estimate of drug-likeness (QED) is 0.378. The third-order valence-corrected chi connectivity index (χ3v) is 2.64. The monoisotopic (exact) mass is 304 g/mol. The number of aliphatic carboxylic acids is 1. The molecule has 0 heterocycles. The number of hydrogen-bond acceptors (Lipinski definition) is 5. The zero-order valence-electron chi connectivity index (χ0n) is 12.5. The minimum atomic E-state index is -1.20. The molecule has 2 amide bonds. The number of esters is 1. The van der Waals surface area contributed by atoms with Gasteiger partial charge in [-0.2, -0.15) is 0 Å². The molecule has 0 bridgehead atoms. The normalized spacial score (nSPS) is 11.5. The second-order valence-electron chi connectivity index (χ2n) is 4.37. The predicted octanol–water partition coefficient (Wildman–Crippen LogP) is 0.509. The van der Waals surface area contributed by atoms with Crippen molar-refractivity contribution < 1.29 is 29.0 Å². The summed E-state index contributed by atoms with van der Waals surface area (Å²) in [5, 5.41) is 13.7. The van der Waals surface area contributed by atoms with E-state index in [1.54, 1.807) is 0 Å². The van der Waals surface area contributed by atoms with E-state index in [9.17, 15) is 14.4 Å². The third-order valence-electron chi connectivity index (χ3n) is 2.64. The first-order valence-corrected chi connectivity index (χ1v) is 6.93. The second-order valence-corrected chi connectivity index (χ2v) is 4.37. The lowest BCUT2D eigenvalue weighted by Gasteiger charge is -2.14. The van der Waals surface area contributed by atoms with Gasteiger partial charge in [0.25, 0.3) is 0 Å². The number of unbranched alkanes of at least 4 members (excludes halogenated alkanes) is 1. The molecule has 0 aromatic heterocycles. The largest absolute Gasteiger partial charge is 0.480 e. The highest BCUT2D eigenvalue weighted by Gasteiger charge is 2.20. The lowest BCUT2D eigenvalue weighted by Crippen LogP contribution is -2.46. The summed E-state index contributed by atoms with van der Waals surface area (Å²) in [7, 11) is 1.22. The molecule has 0 aliphatic carbocycles. The highest BCUT2D eigenvalue weighted by molar-refractivity contribution is 5.83. The fourth-order valence-corrected chi connectivity index (χ4v) is 1.42. The summed E-state index contributed by atoms with van der Waals surface area (Å²) in [4.78, 5) is 33.4. The molecule has 3 N–H and O–H groups in total. The number of methoxy groups -OCH3 is 1. The van der Waals surface area contributed by atoms with Gasteiger partial charge in [0.15, 0.2) is 0 Å². The lowest BCUT2D eigenvalue weighted by molar-refractivity contribution is -0.142. The van der Waals surface area contributed by atoms with E-state index in [-0.39, 0.29) is 12.8 Å². The minimum Gasteiger partial charge on any atom is -0.480 e. The number of amides is 2. The lowest BCUT2D eigenvalue weighted by atomic mass is 10.1. The molecule has 0 aromatic carbocycles. The number of urea groups is 1. The number of hydrogen-bond donors (Lipinski definition) is 3. The summed E-state index contributed by atoms with van der Waals surface area (Å²) in [6, 6.07) is -1.74. The van der Waals surface area contributed by atoms with Crippen LogP contribution in [0.3, 0.4) is 0 Å². The fourth-order valence-electron chi connectivity index (χ4n) is 1.42. The number of carboxylic acids is 1. The highest BCUT2D eigenvalue weighted by atomic mass is 16.5. The van der Waals surface area contributed by atoms with Gasteiger partial charge in [-0.15, -0.1) is 0 Å². The Morgan fingerprint density at radius 2 is 1.95 bits per heavy atom. The molecule has 0 saturated carbocycles. The van der Waals surface area contributed by atoms with Crippen molar-refractivity contribution in [2.24, 2.45) is 0 Å². The van der Waals surface area contributed by atoms with Crippen molar-refractivity contribution in [3.05, 3.63) is 0 Å². The average molecular weight is 304 g/mol. The number of carboxylic acid groups (broad SMARTS) is 1. The third kappa shape index (κ3) is 10.6. The Morgan fingerprint density at radius 1 is 1.24 bits per heavy atom. The van der Waals surface area contributed by atoms with E-state index in [1.807, 2.05) is 0 Å². The molecule has 0 saturated heterocycles. The van der Waals surface area contributed by atoms with Crippen LogP contribution >= 0.6 is 0 Å². The van der Waals surface area contributed by atoms with Crippen molar-refractivity contribution >= 4 is 18.0 Å². The summed E-state index contributed by atoms with van der Waals surface area (Å²) in [5.74, 6) is -1.72. The summed E-state index contributed by atoms with van der Waals surface area (Å²) in [5.41, 5.74) is 0. The fraction of sp³-hybridized carbons (Fsp3) is 0.769. The molecule has 0 radical (unpaired) electrons. The summed E-state index contributed by atoms with van der Waals surface area (Å²) >= 11 is 0. The molecule has 122 valence electrons. The topological polar surface area (TPSA) is 114 Å². The van der Waals surface area contributed by atoms with Gasteiger partial charge >= 0.3 is 18.0 Å². The molecule has 1 atom stereocenters. The van der Waals surface area contributed by atoms with Gasteiger partial charge in [0, 0.05) is 19.6 Å². The maximum Gasteiger partial charge on any atom is 0.326 e. The predicted molar refractivity (Wildman–Crippen MR) is 74.9 cm³/mol.